The summed E-state index contributed by atoms with van der Waals surface area (Å²) in [6.07, 6.45) is 0.0244. The van der Waals surface area contributed by atoms with Crippen molar-refractivity contribution in [2.75, 3.05) is 63.0 Å². The predicted molar refractivity (Wildman–Crippen MR) is 209 cm³/mol. The van der Waals surface area contributed by atoms with E-state index in [-0.39, 0.29) is 67.4 Å². The fraction of sp³-hybridized carbons (Fsp3) is 0.312. The van der Waals surface area contributed by atoms with E-state index in [1.54, 1.807) is 22.7 Å². The number of anilines is 2. The molecule has 0 amide bonds. The number of rotatable bonds is 2. The van der Waals surface area contributed by atoms with Crippen LogP contribution in [-0.4, -0.2) is 79.3 Å². The Balaban J connectivity index is 0.000000295. The van der Waals surface area contributed by atoms with E-state index < -0.39 is 0 Å². The third-order valence-electron chi connectivity index (χ3n) is 7.96. The number of halogens is 4. The van der Waals surface area contributed by atoms with E-state index in [4.69, 9.17) is 9.98 Å². The highest BCUT2D eigenvalue weighted by Crippen LogP contribution is 2.34. The third-order valence-corrected chi connectivity index (χ3v) is 9.44. The van der Waals surface area contributed by atoms with Crippen molar-refractivity contribution in [3.8, 4) is 0 Å². The van der Waals surface area contributed by atoms with Crippen molar-refractivity contribution in [3.05, 3.63) is 104 Å². The summed E-state index contributed by atoms with van der Waals surface area (Å²) in [5.41, 5.74) is 7.32. The van der Waals surface area contributed by atoms with E-state index in [0.29, 0.717) is 0 Å². The number of fused-ring (bicyclic) bond motifs is 2. The molecule has 6 heterocycles. The molecule has 0 aliphatic carbocycles. The molecule has 2 saturated heterocycles. The molecule has 256 valence electrons. The first kappa shape index (κ1) is 40.6. The van der Waals surface area contributed by atoms with E-state index in [1.807, 2.05) is 12.1 Å². The van der Waals surface area contributed by atoms with Gasteiger partial charge in [-0.1, -0.05) is 60.7 Å². The van der Waals surface area contributed by atoms with Crippen LogP contribution in [0.5, 0.6) is 0 Å². The summed E-state index contributed by atoms with van der Waals surface area (Å²) in [5.74, 6) is 2.28. The lowest BCUT2D eigenvalue weighted by Gasteiger charge is -2.34. The lowest BCUT2D eigenvalue weighted by Crippen LogP contribution is -2.47. The number of piperazine rings is 2. The number of hydrogen-bond acceptors (Lipinski definition) is 10. The lowest BCUT2D eigenvalue weighted by atomic mass is 10.1. The van der Waals surface area contributed by atoms with Gasteiger partial charge in [0, 0.05) is 73.9 Å². The quantitative estimate of drug-likeness (QED) is 0.202. The number of aliphatic imine (C=N–C) groups is 2. The van der Waals surface area contributed by atoms with Gasteiger partial charge >= 0.3 is 0 Å². The van der Waals surface area contributed by atoms with Gasteiger partial charge in [-0.05, 0) is 11.1 Å². The Morgan fingerprint density at radius 1 is 0.532 bits per heavy atom. The van der Waals surface area contributed by atoms with Crippen LogP contribution in [0, 0.1) is 0 Å². The number of hydrogen-bond donors (Lipinski definition) is 4. The maximum Gasteiger partial charge on any atom is 0.147 e. The van der Waals surface area contributed by atoms with Gasteiger partial charge in [-0.2, -0.15) is 0 Å². The van der Waals surface area contributed by atoms with Gasteiger partial charge in [-0.3, -0.25) is 0 Å². The van der Waals surface area contributed by atoms with Crippen LogP contribution >= 0.6 is 72.3 Å². The summed E-state index contributed by atoms with van der Waals surface area (Å²) in [6, 6.07) is 20.9. The maximum atomic E-state index is 5.00. The van der Waals surface area contributed by atoms with Crippen LogP contribution in [0.2, 0.25) is 0 Å². The van der Waals surface area contributed by atoms with Gasteiger partial charge in [-0.25, -0.2) is 9.98 Å². The van der Waals surface area contributed by atoms with E-state index in [0.717, 1.165) is 64.0 Å². The van der Waals surface area contributed by atoms with Crippen LogP contribution in [-0.2, 0) is 0 Å². The molecule has 8 rings (SSSR count). The molecular weight excluding hydrogens is 718 g/mol. The first-order valence-corrected chi connectivity index (χ1v) is 16.5. The molecule has 2 aromatic carbocycles. The number of benzene rings is 2. The average molecular weight is 761 g/mol. The van der Waals surface area contributed by atoms with Crippen molar-refractivity contribution >= 4 is 95.3 Å². The van der Waals surface area contributed by atoms with Crippen molar-refractivity contribution in [1.82, 2.24) is 20.4 Å². The second-order valence-corrected chi connectivity index (χ2v) is 12.2. The Morgan fingerprint density at radius 2 is 0.894 bits per heavy atom. The molecule has 4 aliphatic rings. The first-order valence-electron chi connectivity index (χ1n) is 14.7. The first-order chi connectivity index (χ1) is 20.8. The Bertz CT molecular complexity index is 1430. The number of nitrogens with one attached hydrogen (secondary N) is 4. The van der Waals surface area contributed by atoms with Gasteiger partial charge < -0.3 is 36.5 Å². The zero-order valence-electron chi connectivity index (χ0n) is 25.6. The van der Waals surface area contributed by atoms with Gasteiger partial charge in [0.15, 0.2) is 0 Å². The Labute approximate surface area is 309 Å². The van der Waals surface area contributed by atoms with Crippen molar-refractivity contribution < 1.29 is 5.48 Å². The minimum absolute atomic E-state index is 0. The van der Waals surface area contributed by atoms with Crippen LogP contribution in [0.15, 0.2) is 92.2 Å². The molecule has 0 bridgehead atoms. The molecule has 0 radical (unpaired) electrons. The van der Waals surface area contributed by atoms with E-state index >= 15 is 0 Å². The Kier molecular flexibility index (Phi) is 16.8. The molecule has 6 N–H and O–H groups in total. The fourth-order valence-corrected chi connectivity index (χ4v) is 7.29. The molecule has 15 heteroatoms. The fourth-order valence-electron chi connectivity index (χ4n) is 5.75. The van der Waals surface area contributed by atoms with Gasteiger partial charge in [0.25, 0.3) is 0 Å². The minimum Gasteiger partial charge on any atom is -0.412 e. The van der Waals surface area contributed by atoms with E-state index in [2.05, 4.69) is 101 Å². The van der Waals surface area contributed by atoms with Crippen LogP contribution < -0.4 is 21.3 Å². The van der Waals surface area contributed by atoms with Gasteiger partial charge in [0.1, 0.15) is 24.0 Å². The summed E-state index contributed by atoms with van der Waals surface area (Å²) in [6.45, 7) is 8.21. The third kappa shape index (κ3) is 9.32. The maximum absolute atomic E-state index is 5.00. The largest absolute Gasteiger partial charge is 0.412 e. The summed E-state index contributed by atoms with van der Waals surface area (Å²) in [4.78, 5) is 14.8. The van der Waals surface area contributed by atoms with Gasteiger partial charge in [0.05, 0.1) is 22.5 Å². The van der Waals surface area contributed by atoms with Crippen molar-refractivity contribution in [2.24, 2.45) is 9.98 Å². The van der Waals surface area contributed by atoms with E-state index in [1.165, 1.54) is 33.6 Å². The van der Waals surface area contributed by atoms with Crippen LogP contribution in [0.1, 0.15) is 34.6 Å². The highest BCUT2D eigenvalue weighted by atomic mass is 35.5. The van der Waals surface area contributed by atoms with Crippen molar-refractivity contribution in [1.29, 1.82) is 0 Å². The molecular formula is C32H42Cl4N8OS2. The topological polar surface area (TPSA) is 111 Å². The zero-order chi connectivity index (χ0) is 28.1. The summed E-state index contributed by atoms with van der Waals surface area (Å²) in [7, 11) is 0. The molecule has 4 aliphatic heterocycles. The summed E-state index contributed by atoms with van der Waals surface area (Å²) in [5, 5.41) is 22.7. The van der Waals surface area contributed by atoms with E-state index in [9.17, 15) is 0 Å². The molecule has 9 nitrogen and oxygen atoms in total. The second kappa shape index (κ2) is 19.4. The molecule has 2 unspecified atom stereocenters. The Morgan fingerprint density at radius 3 is 1.26 bits per heavy atom. The molecule has 2 aromatic heterocycles. The molecule has 4 aromatic rings. The standard InChI is InChI=1S/2C16H18N4S.4ClH.H2O/c2*1-2-4-12(5-3-1)15-18-14-11-21-10-13(14)16(19-15)20-8-6-17-7-9-20;;;;;/h2*1-5,10-11,15,17-18H,6-9H2;4*1H;1H2. The molecule has 0 saturated carbocycles. The predicted octanol–water partition coefficient (Wildman–Crippen LogP) is 5.91. The molecule has 0 spiro atoms. The summed E-state index contributed by atoms with van der Waals surface area (Å²) >= 11 is 3.47. The van der Waals surface area contributed by atoms with Crippen molar-refractivity contribution in [3.63, 3.8) is 0 Å². The lowest BCUT2D eigenvalue weighted by molar-refractivity contribution is 0.355. The highest BCUT2D eigenvalue weighted by molar-refractivity contribution is 7.09. The molecule has 2 atom stereocenters. The summed E-state index contributed by atoms with van der Waals surface area (Å²) < 4.78 is 0. The average Bonchev–Trinajstić information content (AvgIpc) is 3.76. The smallest absolute Gasteiger partial charge is 0.147 e. The van der Waals surface area contributed by atoms with Crippen LogP contribution in [0.4, 0.5) is 11.4 Å². The van der Waals surface area contributed by atoms with Gasteiger partial charge in [0.2, 0.25) is 0 Å². The minimum atomic E-state index is 0. The molecule has 2 fully saturated rings. The van der Waals surface area contributed by atoms with Crippen LogP contribution in [0.3, 0.4) is 0 Å². The SMILES string of the molecule is Cl.Cl.Cl.Cl.O.c1ccc(C2N=C(N3CCNCC3)c3cscc3N2)cc1.c1ccc(C2N=C(N3CCNCC3)c3cscc3N2)cc1. The van der Waals surface area contributed by atoms with Gasteiger partial charge in [-0.15, -0.1) is 72.3 Å². The highest BCUT2D eigenvalue weighted by Gasteiger charge is 2.28. The normalized spacial score (nSPS) is 19.1. The Hall–Kier alpha value is -2.58. The number of nitrogens with zero attached hydrogens (tertiary/aromatic N) is 4. The number of thiophene rings is 2. The van der Waals surface area contributed by atoms with Crippen LogP contribution in [0.25, 0.3) is 0 Å². The molecule has 47 heavy (non-hydrogen) atoms. The number of amidine groups is 2. The zero-order valence-corrected chi connectivity index (χ0v) is 30.5. The van der Waals surface area contributed by atoms with Crippen molar-refractivity contribution in [2.45, 2.75) is 12.3 Å². The second-order valence-electron chi connectivity index (χ2n) is 10.7. The monoisotopic (exact) mass is 758 g/mol.